The second-order valence-corrected chi connectivity index (χ2v) is 16.0. The first kappa shape index (κ1) is 25.1. The smallest absolute Gasteiger partial charge is 0.261 e. The number of fused-ring (bicyclic) bond motifs is 3. The van der Waals surface area contributed by atoms with Gasteiger partial charge in [0.15, 0.2) is 17.9 Å². The Hall–Kier alpha value is -1.58. The third-order valence-corrected chi connectivity index (χ3v) is 12.1. The predicted molar refractivity (Wildman–Crippen MR) is 136 cm³/mol. The number of benzene rings is 2. The molecule has 3 aliphatic heterocycles. The minimum absolute atomic E-state index is 0.126. The number of hydrogen-bond acceptors (Lipinski definition) is 6. The Bertz CT molecular complexity index is 979. The molecule has 3 heterocycles. The molecule has 0 aromatic heterocycles. The molecule has 0 saturated carbocycles. The summed E-state index contributed by atoms with van der Waals surface area (Å²) in [5.74, 6) is -1.50. The van der Waals surface area contributed by atoms with E-state index in [4.69, 9.17) is 28.1 Å². The lowest BCUT2D eigenvalue weighted by atomic mass is 10.0. The first-order chi connectivity index (χ1) is 16.4. The van der Waals surface area contributed by atoms with Gasteiger partial charge in [-0.25, -0.2) is 0 Å². The van der Waals surface area contributed by atoms with Crippen LogP contribution in [0.4, 0.5) is 0 Å². The van der Waals surface area contributed by atoms with E-state index in [-0.39, 0.29) is 29.5 Å². The lowest BCUT2D eigenvalue weighted by Gasteiger charge is -2.47. The topological polar surface area (TPSA) is 55.4 Å². The van der Waals surface area contributed by atoms with Crippen molar-refractivity contribution >= 4 is 18.7 Å². The van der Waals surface area contributed by atoms with E-state index in [1.165, 1.54) is 10.4 Å². The Kier molecular flexibility index (Phi) is 6.28. The summed E-state index contributed by atoms with van der Waals surface area (Å²) in [7, 11) is -2.71. The van der Waals surface area contributed by atoms with Crippen molar-refractivity contribution in [2.24, 2.45) is 0 Å². The second kappa shape index (κ2) is 8.77. The Balaban J connectivity index is 1.48. The molecule has 5 atom stereocenters. The van der Waals surface area contributed by atoms with E-state index < -0.39 is 26.2 Å². The highest BCUT2D eigenvalue weighted by Crippen LogP contribution is 2.45. The average molecular weight is 499 g/mol. The highest BCUT2D eigenvalue weighted by Gasteiger charge is 2.62. The fourth-order valence-electron chi connectivity index (χ4n) is 5.82. The van der Waals surface area contributed by atoms with Crippen LogP contribution in [0.15, 0.2) is 60.7 Å². The molecule has 2 aromatic rings. The van der Waals surface area contributed by atoms with Crippen LogP contribution in [0.3, 0.4) is 0 Å². The summed E-state index contributed by atoms with van der Waals surface area (Å²) in [6, 6.07) is 21.3. The van der Waals surface area contributed by atoms with Crippen molar-refractivity contribution in [2.45, 2.75) is 95.8 Å². The van der Waals surface area contributed by atoms with Gasteiger partial charge in [-0.1, -0.05) is 81.4 Å². The maximum Gasteiger partial charge on any atom is 0.261 e. The van der Waals surface area contributed by atoms with Crippen molar-refractivity contribution in [1.29, 1.82) is 0 Å². The van der Waals surface area contributed by atoms with Crippen molar-refractivity contribution in [1.82, 2.24) is 0 Å². The monoisotopic (exact) mass is 498 g/mol. The van der Waals surface area contributed by atoms with E-state index >= 15 is 0 Å². The van der Waals surface area contributed by atoms with Crippen LogP contribution in [0, 0.1) is 0 Å². The Labute approximate surface area is 209 Å². The molecule has 6 nitrogen and oxygen atoms in total. The van der Waals surface area contributed by atoms with Gasteiger partial charge in [-0.15, -0.1) is 0 Å². The molecule has 7 heteroatoms. The molecule has 0 bridgehead atoms. The third-order valence-electron chi connectivity index (χ3n) is 7.13. The van der Waals surface area contributed by atoms with Crippen LogP contribution in [0.2, 0.25) is 5.04 Å². The van der Waals surface area contributed by atoms with Crippen molar-refractivity contribution < 1.29 is 28.1 Å². The molecule has 3 aliphatic rings. The van der Waals surface area contributed by atoms with Gasteiger partial charge in [-0.3, -0.25) is 0 Å². The van der Waals surface area contributed by atoms with Gasteiger partial charge in [0.2, 0.25) is 0 Å². The van der Waals surface area contributed by atoms with Crippen LogP contribution < -0.4 is 10.4 Å². The van der Waals surface area contributed by atoms with Gasteiger partial charge in [0.25, 0.3) is 8.32 Å². The molecular weight excluding hydrogens is 460 g/mol. The Morgan fingerprint density at radius 1 is 0.714 bits per heavy atom. The zero-order chi connectivity index (χ0) is 25.1. The van der Waals surface area contributed by atoms with Crippen LogP contribution in [-0.4, -0.2) is 57.2 Å². The van der Waals surface area contributed by atoms with E-state index in [0.717, 1.165) is 0 Å². The first-order valence-corrected chi connectivity index (χ1v) is 14.4. The lowest BCUT2D eigenvalue weighted by Crippen LogP contribution is -2.68. The molecule has 5 rings (SSSR count). The molecule has 0 N–H and O–H groups in total. The van der Waals surface area contributed by atoms with Crippen molar-refractivity contribution in [3.63, 3.8) is 0 Å². The van der Waals surface area contributed by atoms with Crippen molar-refractivity contribution in [2.75, 3.05) is 6.61 Å². The maximum absolute atomic E-state index is 7.17. The van der Waals surface area contributed by atoms with Crippen molar-refractivity contribution in [3.8, 4) is 0 Å². The lowest BCUT2D eigenvalue weighted by molar-refractivity contribution is -0.346. The quantitative estimate of drug-likeness (QED) is 0.582. The number of ether oxygens (including phenoxy) is 5. The summed E-state index contributed by atoms with van der Waals surface area (Å²) in [6.45, 7) is 14.9. The molecule has 0 radical (unpaired) electrons. The molecule has 0 amide bonds. The molecule has 35 heavy (non-hydrogen) atoms. The van der Waals surface area contributed by atoms with Gasteiger partial charge in [0.1, 0.15) is 24.4 Å². The SMILES string of the molecule is CC1(C)O[C@H]2O[C@H]3[C@H](OC(C)(C)O[C@@H]3CO[Si](c3ccccc3)(c3ccccc3)C(C)(C)C)[C@H]2O1. The van der Waals surface area contributed by atoms with Crippen LogP contribution in [0.25, 0.3) is 0 Å². The molecule has 3 fully saturated rings. The van der Waals surface area contributed by atoms with Gasteiger partial charge < -0.3 is 28.1 Å². The minimum Gasteiger partial charge on any atom is -0.405 e. The van der Waals surface area contributed by atoms with Gasteiger partial charge in [-0.05, 0) is 43.1 Å². The Morgan fingerprint density at radius 2 is 1.23 bits per heavy atom. The van der Waals surface area contributed by atoms with Crippen LogP contribution >= 0.6 is 0 Å². The fourth-order valence-corrected chi connectivity index (χ4v) is 10.4. The van der Waals surface area contributed by atoms with Crippen LogP contribution in [0.1, 0.15) is 48.5 Å². The zero-order valence-electron chi connectivity index (χ0n) is 21.8. The van der Waals surface area contributed by atoms with Gasteiger partial charge in [-0.2, -0.15) is 0 Å². The van der Waals surface area contributed by atoms with Gasteiger partial charge >= 0.3 is 0 Å². The summed E-state index contributed by atoms with van der Waals surface area (Å²) < 4.78 is 38.4. The standard InChI is InChI=1S/C28H38O6Si/c1-26(2,3)35(19-14-10-8-11-15-19,20-16-12-9-13-17-20)29-18-21-22-23(32-27(4,5)31-21)24-25(30-22)34-28(6,7)33-24/h8-17,21-25H,18H2,1-7H3/t21-,22-,23+,24-,25-/m1/s1. The number of hydrogen-bond donors (Lipinski definition) is 0. The summed E-state index contributed by atoms with van der Waals surface area (Å²) in [6.07, 6.45) is -1.74. The summed E-state index contributed by atoms with van der Waals surface area (Å²) in [5.41, 5.74) is 0. The summed E-state index contributed by atoms with van der Waals surface area (Å²) in [4.78, 5) is 0. The maximum atomic E-state index is 7.17. The highest BCUT2D eigenvalue weighted by molar-refractivity contribution is 6.99. The molecule has 0 spiro atoms. The van der Waals surface area contributed by atoms with Crippen LogP contribution in [-0.2, 0) is 28.1 Å². The van der Waals surface area contributed by atoms with Gasteiger partial charge in [0, 0.05) is 0 Å². The predicted octanol–water partition coefficient (Wildman–Crippen LogP) is 3.96. The minimum atomic E-state index is -2.71. The zero-order valence-corrected chi connectivity index (χ0v) is 22.8. The van der Waals surface area contributed by atoms with E-state index in [2.05, 4.69) is 81.4 Å². The number of rotatable bonds is 5. The largest absolute Gasteiger partial charge is 0.405 e. The molecular formula is C28H38O6Si. The van der Waals surface area contributed by atoms with Crippen molar-refractivity contribution in [3.05, 3.63) is 60.7 Å². The van der Waals surface area contributed by atoms with Crippen LogP contribution in [0.5, 0.6) is 0 Å². The second-order valence-electron chi connectivity index (χ2n) is 11.7. The average Bonchev–Trinajstić information content (AvgIpc) is 3.26. The molecule has 0 unspecified atom stereocenters. The molecule has 3 saturated heterocycles. The first-order valence-electron chi connectivity index (χ1n) is 12.5. The summed E-state index contributed by atoms with van der Waals surface area (Å²) in [5, 5.41) is 2.34. The molecule has 2 aromatic carbocycles. The van der Waals surface area contributed by atoms with Gasteiger partial charge in [0.05, 0.1) is 6.61 Å². The molecule has 0 aliphatic carbocycles. The van der Waals surface area contributed by atoms with E-state index in [0.29, 0.717) is 6.61 Å². The van der Waals surface area contributed by atoms with E-state index in [9.17, 15) is 0 Å². The Morgan fingerprint density at radius 3 is 1.77 bits per heavy atom. The third kappa shape index (κ3) is 4.52. The normalized spacial score (nSPS) is 31.7. The molecule has 190 valence electrons. The van der Waals surface area contributed by atoms with E-state index in [1.807, 2.05) is 27.7 Å². The fraction of sp³-hybridized carbons (Fsp3) is 0.571. The summed E-state index contributed by atoms with van der Waals surface area (Å²) >= 11 is 0. The highest BCUT2D eigenvalue weighted by atomic mass is 28.4. The van der Waals surface area contributed by atoms with E-state index in [1.54, 1.807) is 0 Å².